The van der Waals surface area contributed by atoms with E-state index in [9.17, 15) is 28.1 Å². The second kappa shape index (κ2) is 12.9. The Morgan fingerprint density at radius 3 is 2.33 bits per heavy atom. The third-order valence-electron chi connectivity index (χ3n) is 5.43. The second-order valence-electron chi connectivity index (χ2n) is 9.59. The first-order valence-electron chi connectivity index (χ1n) is 11.8. The van der Waals surface area contributed by atoms with E-state index < -0.39 is 29.5 Å². The molecule has 0 saturated carbocycles. The van der Waals surface area contributed by atoms with Gasteiger partial charge in [-0.1, -0.05) is 25.1 Å². The van der Waals surface area contributed by atoms with Gasteiger partial charge in [-0.2, -0.15) is 0 Å². The number of hydrogen-bond acceptors (Lipinski definition) is 7. The Labute approximate surface area is 214 Å². The number of anilines is 1. The van der Waals surface area contributed by atoms with Gasteiger partial charge in [0.1, 0.15) is 5.60 Å². The van der Waals surface area contributed by atoms with Crippen molar-refractivity contribution in [3.8, 4) is 0 Å². The number of benzene rings is 2. The Morgan fingerprint density at radius 2 is 1.75 bits per heavy atom. The lowest BCUT2D eigenvalue weighted by Gasteiger charge is -2.25. The van der Waals surface area contributed by atoms with Crippen molar-refractivity contribution in [2.45, 2.75) is 70.4 Å². The fourth-order valence-electron chi connectivity index (χ4n) is 3.67. The van der Waals surface area contributed by atoms with Crippen LogP contribution >= 0.6 is 0 Å². The average Bonchev–Trinajstić information content (AvgIpc) is 2.77. The minimum Gasteiger partial charge on any atom is -0.444 e. The summed E-state index contributed by atoms with van der Waals surface area (Å²) in [7, 11) is -2.90. The zero-order valence-corrected chi connectivity index (χ0v) is 22.3. The molecule has 2 rings (SSSR count). The van der Waals surface area contributed by atoms with Gasteiger partial charge < -0.3 is 25.0 Å². The van der Waals surface area contributed by atoms with E-state index >= 15 is 0 Å². The number of thiol groups is 1. The van der Waals surface area contributed by atoms with Gasteiger partial charge in [0.25, 0.3) is 0 Å². The van der Waals surface area contributed by atoms with Crippen LogP contribution in [-0.4, -0.2) is 55.1 Å². The molecule has 0 aromatic heterocycles. The van der Waals surface area contributed by atoms with Crippen LogP contribution in [0.5, 0.6) is 0 Å². The van der Waals surface area contributed by atoms with Crippen LogP contribution in [0.2, 0.25) is 0 Å². The maximum absolute atomic E-state index is 12.5. The zero-order chi connectivity index (χ0) is 27.0. The summed E-state index contributed by atoms with van der Waals surface area (Å²) in [6, 6.07) is 9.75. The molecule has 0 aliphatic heterocycles. The number of nitrogens with one attached hydrogen (secondary N) is 1. The number of nitrogens with zero attached hydrogens (tertiary/aromatic N) is 1. The van der Waals surface area contributed by atoms with Crippen LogP contribution < -0.4 is 10.8 Å². The minimum absolute atomic E-state index is 0.00437. The fourth-order valence-corrected chi connectivity index (χ4v) is 4.24. The zero-order valence-electron chi connectivity index (χ0n) is 21.4. The van der Waals surface area contributed by atoms with Crippen LogP contribution in [0.25, 0.3) is 0 Å². The summed E-state index contributed by atoms with van der Waals surface area (Å²) in [5.41, 5.74) is 2.60. The number of ether oxygens (including phenoxy) is 1. The molecule has 0 aliphatic rings. The standard InChI is InChI=1S/C25H35BN2O7S/c1-6-17-14-20(26(31)32)11-10-18(17)8-7-9-23(29)27-21-12-13-22(36(33)34)19(15-21)16-28(5)24(30)35-25(2,3)4/h10-15,31-32,36H,6-9,16H2,1-5H3,(H,27,29). The van der Waals surface area contributed by atoms with Gasteiger partial charge in [-0.3, -0.25) is 4.79 Å². The predicted molar refractivity (Wildman–Crippen MR) is 140 cm³/mol. The molecule has 2 aromatic carbocycles. The van der Waals surface area contributed by atoms with Crippen LogP contribution in [0.3, 0.4) is 0 Å². The summed E-state index contributed by atoms with van der Waals surface area (Å²) < 4.78 is 28.7. The smallest absolute Gasteiger partial charge is 0.444 e. The molecule has 0 aliphatic carbocycles. The molecule has 0 atom stereocenters. The van der Waals surface area contributed by atoms with Crippen LogP contribution in [0.4, 0.5) is 10.5 Å². The van der Waals surface area contributed by atoms with Gasteiger partial charge >= 0.3 is 13.2 Å². The summed E-state index contributed by atoms with van der Waals surface area (Å²) >= 11 is 0. The second-order valence-corrected chi connectivity index (χ2v) is 10.6. The molecule has 0 spiro atoms. The van der Waals surface area contributed by atoms with Crippen LogP contribution in [0.15, 0.2) is 41.3 Å². The van der Waals surface area contributed by atoms with Crippen LogP contribution in [-0.2, 0) is 39.6 Å². The summed E-state index contributed by atoms with van der Waals surface area (Å²) in [4.78, 5) is 26.2. The molecule has 0 heterocycles. The Morgan fingerprint density at radius 1 is 1.06 bits per heavy atom. The van der Waals surface area contributed by atoms with Crippen molar-refractivity contribution in [2.24, 2.45) is 0 Å². The molecule has 9 nitrogen and oxygen atoms in total. The maximum atomic E-state index is 12.5. The van der Waals surface area contributed by atoms with Crippen LogP contribution in [0, 0.1) is 0 Å². The summed E-state index contributed by atoms with van der Waals surface area (Å²) in [5, 5.41) is 21.5. The van der Waals surface area contributed by atoms with E-state index in [4.69, 9.17) is 4.74 Å². The molecule has 36 heavy (non-hydrogen) atoms. The SMILES string of the molecule is CCc1cc(B(O)O)ccc1CCCC(=O)Nc1ccc([SH](=O)=O)c(CN(C)C(=O)OC(C)(C)C)c1. The number of rotatable bonds is 10. The summed E-state index contributed by atoms with van der Waals surface area (Å²) in [5.74, 6) is -0.221. The summed E-state index contributed by atoms with van der Waals surface area (Å²) in [6.07, 6.45) is 1.63. The quantitative estimate of drug-likeness (QED) is 0.280. The van der Waals surface area contributed by atoms with E-state index in [2.05, 4.69) is 5.32 Å². The molecule has 11 heteroatoms. The highest BCUT2D eigenvalue weighted by molar-refractivity contribution is 7.72. The Kier molecular flexibility index (Phi) is 10.5. The molecular formula is C25H35BN2O7S. The Hall–Kier alpha value is -2.89. The van der Waals surface area contributed by atoms with Gasteiger partial charge in [0.05, 0.1) is 11.4 Å². The molecule has 2 amide bonds. The van der Waals surface area contributed by atoms with Crippen molar-refractivity contribution in [2.75, 3.05) is 12.4 Å². The third kappa shape index (κ3) is 8.96. The van der Waals surface area contributed by atoms with E-state index in [0.29, 0.717) is 29.6 Å². The van der Waals surface area contributed by atoms with E-state index in [1.807, 2.05) is 13.0 Å². The van der Waals surface area contributed by atoms with Crippen LogP contribution in [0.1, 0.15) is 57.2 Å². The highest BCUT2D eigenvalue weighted by atomic mass is 32.2. The summed E-state index contributed by atoms with van der Waals surface area (Å²) in [6.45, 7) is 7.21. The largest absolute Gasteiger partial charge is 0.488 e. The Bertz CT molecular complexity index is 1150. The number of aryl methyl sites for hydroxylation is 2. The monoisotopic (exact) mass is 518 g/mol. The molecule has 0 fully saturated rings. The van der Waals surface area contributed by atoms with Gasteiger partial charge in [-0.15, -0.1) is 0 Å². The van der Waals surface area contributed by atoms with E-state index in [-0.39, 0.29) is 23.8 Å². The lowest BCUT2D eigenvalue weighted by molar-refractivity contribution is -0.116. The maximum Gasteiger partial charge on any atom is 0.488 e. The Balaban J connectivity index is 2.04. The first-order chi connectivity index (χ1) is 16.8. The highest BCUT2D eigenvalue weighted by Gasteiger charge is 2.21. The van der Waals surface area contributed by atoms with Crippen molar-refractivity contribution in [3.63, 3.8) is 0 Å². The molecule has 0 saturated heterocycles. The van der Waals surface area contributed by atoms with Crippen molar-refractivity contribution >= 4 is 41.0 Å². The van der Waals surface area contributed by atoms with Crippen molar-refractivity contribution in [1.29, 1.82) is 0 Å². The number of hydrogen-bond donors (Lipinski definition) is 4. The number of carbonyl (C=O) groups excluding carboxylic acids is 2. The highest BCUT2D eigenvalue weighted by Crippen LogP contribution is 2.21. The minimum atomic E-state index is -2.90. The molecule has 0 unspecified atom stereocenters. The lowest BCUT2D eigenvalue weighted by Crippen LogP contribution is -2.34. The van der Waals surface area contributed by atoms with Gasteiger partial charge in [0, 0.05) is 19.2 Å². The predicted octanol–water partition coefficient (Wildman–Crippen LogP) is 2.23. The molecule has 0 bridgehead atoms. The van der Waals surface area contributed by atoms with Gasteiger partial charge in [0.15, 0.2) is 10.7 Å². The third-order valence-corrected chi connectivity index (χ3v) is 6.26. The topological polar surface area (TPSA) is 133 Å². The van der Waals surface area contributed by atoms with Crippen molar-refractivity contribution < 1.29 is 32.8 Å². The van der Waals surface area contributed by atoms with E-state index in [0.717, 1.165) is 17.5 Å². The first kappa shape index (κ1) is 29.3. The van der Waals surface area contributed by atoms with Gasteiger partial charge in [0.2, 0.25) is 5.91 Å². The van der Waals surface area contributed by atoms with Crippen molar-refractivity contribution in [3.05, 3.63) is 53.1 Å². The normalized spacial score (nSPS) is 11.3. The molecule has 196 valence electrons. The molecule has 0 radical (unpaired) electrons. The van der Waals surface area contributed by atoms with Crippen molar-refractivity contribution in [1.82, 2.24) is 4.90 Å². The molecular weight excluding hydrogens is 483 g/mol. The molecule has 2 aromatic rings. The van der Waals surface area contributed by atoms with E-state index in [1.165, 1.54) is 24.1 Å². The van der Waals surface area contributed by atoms with Gasteiger partial charge in [-0.05, 0) is 80.4 Å². The average molecular weight is 518 g/mol. The first-order valence-corrected chi connectivity index (χ1v) is 13.0. The van der Waals surface area contributed by atoms with Gasteiger partial charge in [-0.25, -0.2) is 13.2 Å². The number of carbonyl (C=O) groups is 2. The lowest BCUT2D eigenvalue weighted by atomic mass is 9.78. The molecule has 3 N–H and O–H groups in total. The number of amides is 2. The fraction of sp³-hybridized carbons (Fsp3) is 0.440. The van der Waals surface area contributed by atoms with E-state index in [1.54, 1.807) is 39.0 Å².